The van der Waals surface area contributed by atoms with Gasteiger partial charge in [-0.2, -0.15) is 0 Å². The molecule has 0 heterocycles. The Morgan fingerprint density at radius 2 is 1.92 bits per heavy atom. The van der Waals surface area contributed by atoms with Crippen LogP contribution >= 0.6 is 0 Å². The molecule has 0 aliphatic rings. The number of carboxylic acids is 1. The molecular formula is C6H9NO5. The van der Waals surface area contributed by atoms with E-state index in [1.807, 2.05) is 0 Å². The van der Waals surface area contributed by atoms with Crippen molar-refractivity contribution in [2.75, 3.05) is 0 Å². The van der Waals surface area contributed by atoms with Crippen LogP contribution in [0.15, 0.2) is 11.6 Å². The van der Waals surface area contributed by atoms with Crippen molar-refractivity contribution in [2.24, 2.45) is 5.73 Å². The van der Waals surface area contributed by atoms with Crippen LogP contribution in [0.1, 0.15) is 6.42 Å². The van der Waals surface area contributed by atoms with E-state index >= 15 is 0 Å². The Balaban J connectivity index is 4.44. The molecule has 6 nitrogen and oxygen atoms in total. The van der Waals surface area contributed by atoms with Crippen LogP contribution in [0.4, 0.5) is 0 Å². The Kier molecular flexibility index (Phi) is 3.95. The number of rotatable bonds is 4. The third kappa shape index (κ3) is 4.42. The molecule has 0 unspecified atom stereocenters. The zero-order valence-corrected chi connectivity index (χ0v) is 6.10. The first-order valence-corrected chi connectivity index (χ1v) is 3.03. The van der Waals surface area contributed by atoms with Crippen molar-refractivity contribution in [3.8, 4) is 0 Å². The number of hydrogen-bond donors (Lipinski definition) is 4. The number of primary amides is 1. The maximum absolute atomic E-state index is 10.3. The van der Waals surface area contributed by atoms with Crippen LogP contribution < -0.4 is 5.73 Å². The lowest BCUT2D eigenvalue weighted by atomic mass is 10.1. The number of aliphatic hydroxyl groups is 2. The number of carbonyl (C=O) groups is 2. The molecule has 0 radical (unpaired) electrons. The molecular weight excluding hydrogens is 166 g/mol. The molecule has 0 saturated carbocycles. The minimum absolute atomic E-state index is 0.433. The molecule has 0 saturated heterocycles. The molecule has 0 aromatic rings. The Morgan fingerprint density at radius 3 is 2.17 bits per heavy atom. The van der Waals surface area contributed by atoms with Crippen LogP contribution in [0.2, 0.25) is 0 Å². The summed E-state index contributed by atoms with van der Waals surface area (Å²) in [6, 6.07) is 0. The van der Waals surface area contributed by atoms with Crippen LogP contribution in [0, 0.1) is 0 Å². The maximum Gasteiger partial charge on any atom is 0.331 e. The summed E-state index contributed by atoms with van der Waals surface area (Å²) in [5, 5.41) is 25.1. The van der Waals surface area contributed by atoms with E-state index in [1.165, 1.54) is 0 Å². The van der Waals surface area contributed by atoms with Crippen LogP contribution in [-0.4, -0.2) is 33.5 Å². The molecule has 0 fully saturated rings. The van der Waals surface area contributed by atoms with Gasteiger partial charge in [0.1, 0.15) is 0 Å². The number of carbonyl (C=O) groups excluding carboxylic acids is 1. The van der Waals surface area contributed by atoms with Crippen molar-refractivity contribution in [1.82, 2.24) is 0 Å². The van der Waals surface area contributed by atoms with Gasteiger partial charge in [0, 0.05) is 18.1 Å². The SMILES string of the molecule is NC(=O)/C=C(/CC(O)O)C(=O)O. The molecule has 5 N–H and O–H groups in total. The van der Waals surface area contributed by atoms with Crippen molar-refractivity contribution in [3.63, 3.8) is 0 Å². The number of aliphatic carboxylic acids is 1. The van der Waals surface area contributed by atoms with Crippen LogP contribution in [0.3, 0.4) is 0 Å². The predicted molar refractivity (Wildman–Crippen MR) is 37.8 cm³/mol. The minimum atomic E-state index is -1.80. The average molecular weight is 175 g/mol. The van der Waals surface area contributed by atoms with Gasteiger partial charge in [-0.1, -0.05) is 0 Å². The van der Waals surface area contributed by atoms with Crippen molar-refractivity contribution in [3.05, 3.63) is 11.6 Å². The lowest BCUT2D eigenvalue weighted by Gasteiger charge is -2.02. The lowest BCUT2D eigenvalue weighted by Crippen LogP contribution is -2.15. The number of carboxylic acid groups (broad SMARTS) is 1. The van der Waals surface area contributed by atoms with Gasteiger partial charge in [-0.3, -0.25) is 4.79 Å². The Labute approximate surface area is 67.9 Å². The molecule has 68 valence electrons. The Hall–Kier alpha value is -1.40. The summed E-state index contributed by atoms with van der Waals surface area (Å²) in [5.74, 6) is -2.34. The predicted octanol–water partition coefficient (Wildman–Crippen LogP) is -1.82. The number of aliphatic hydroxyl groups excluding tert-OH is 1. The molecule has 0 atom stereocenters. The molecule has 6 heteroatoms. The lowest BCUT2D eigenvalue weighted by molar-refractivity contribution is -0.134. The number of hydrogen-bond acceptors (Lipinski definition) is 4. The second-order valence-electron chi connectivity index (χ2n) is 2.06. The minimum Gasteiger partial charge on any atom is -0.478 e. The summed E-state index contributed by atoms with van der Waals surface area (Å²) >= 11 is 0. The fraction of sp³-hybridized carbons (Fsp3) is 0.333. The van der Waals surface area contributed by atoms with Crippen molar-refractivity contribution < 1.29 is 24.9 Å². The highest BCUT2D eigenvalue weighted by Crippen LogP contribution is 2.03. The monoisotopic (exact) mass is 175 g/mol. The first kappa shape index (κ1) is 10.6. The molecule has 0 aromatic heterocycles. The highest BCUT2D eigenvalue weighted by molar-refractivity contribution is 5.96. The summed E-state index contributed by atoms with van der Waals surface area (Å²) < 4.78 is 0. The first-order chi connectivity index (χ1) is 5.43. The molecule has 1 amide bonds. The molecule has 0 aromatic carbocycles. The van der Waals surface area contributed by atoms with Gasteiger partial charge in [-0.15, -0.1) is 0 Å². The largest absolute Gasteiger partial charge is 0.478 e. The van der Waals surface area contributed by atoms with Gasteiger partial charge in [0.2, 0.25) is 5.91 Å². The molecule has 0 rings (SSSR count). The fourth-order valence-corrected chi connectivity index (χ4v) is 0.576. The van der Waals surface area contributed by atoms with E-state index in [0.29, 0.717) is 6.08 Å². The topological polar surface area (TPSA) is 121 Å². The molecule has 0 aliphatic carbocycles. The zero-order chi connectivity index (χ0) is 9.72. The van der Waals surface area contributed by atoms with Crippen LogP contribution in [0.25, 0.3) is 0 Å². The Bertz CT molecular complexity index is 220. The molecule has 12 heavy (non-hydrogen) atoms. The first-order valence-electron chi connectivity index (χ1n) is 3.03. The van der Waals surface area contributed by atoms with E-state index < -0.39 is 30.2 Å². The van der Waals surface area contributed by atoms with Gasteiger partial charge in [0.05, 0.1) is 0 Å². The molecule has 0 bridgehead atoms. The average Bonchev–Trinajstić information content (AvgIpc) is 1.83. The molecule has 0 spiro atoms. The number of nitrogens with two attached hydrogens (primary N) is 1. The van der Waals surface area contributed by atoms with E-state index in [-0.39, 0.29) is 0 Å². The summed E-state index contributed by atoms with van der Waals surface area (Å²) in [6.07, 6.45) is -1.69. The van der Waals surface area contributed by atoms with Crippen molar-refractivity contribution in [2.45, 2.75) is 12.7 Å². The van der Waals surface area contributed by atoms with Gasteiger partial charge in [-0.25, -0.2) is 4.79 Å². The van der Waals surface area contributed by atoms with E-state index in [9.17, 15) is 9.59 Å². The summed E-state index contributed by atoms with van der Waals surface area (Å²) in [5.41, 5.74) is 4.23. The normalized spacial score (nSPS) is 11.8. The number of amides is 1. The van der Waals surface area contributed by atoms with Gasteiger partial charge in [-0.05, 0) is 0 Å². The van der Waals surface area contributed by atoms with Gasteiger partial charge >= 0.3 is 5.97 Å². The van der Waals surface area contributed by atoms with Gasteiger partial charge in [0.15, 0.2) is 6.29 Å². The van der Waals surface area contributed by atoms with E-state index in [2.05, 4.69) is 5.73 Å². The summed E-state index contributed by atoms with van der Waals surface area (Å²) in [7, 11) is 0. The highest BCUT2D eigenvalue weighted by Gasteiger charge is 2.12. The van der Waals surface area contributed by atoms with Gasteiger partial charge in [0.25, 0.3) is 0 Å². The standard InChI is InChI=1S/C6H9NO5/c7-4(8)1-3(6(11)12)2-5(9)10/h1,5,9-10H,2H2,(H2,7,8)(H,11,12)/b3-1-. The third-order valence-electron chi connectivity index (χ3n) is 0.994. The molecule has 0 aliphatic heterocycles. The smallest absolute Gasteiger partial charge is 0.331 e. The van der Waals surface area contributed by atoms with Crippen molar-refractivity contribution >= 4 is 11.9 Å². The van der Waals surface area contributed by atoms with E-state index in [4.69, 9.17) is 15.3 Å². The van der Waals surface area contributed by atoms with E-state index in [1.54, 1.807) is 0 Å². The Morgan fingerprint density at radius 1 is 1.42 bits per heavy atom. The van der Waals surface area contributed by atoms with Crippen molar-refractivity contribution in [1.29, 1.82) is 0 Å². The highest BCUT2D eigenvalue weighted by atomic mass is 16.5. The fourth-order valence-electron chi connectivity index (χ4n) is 0.576. The van der Waals surface area contributed by atoms with Crippen LogP contribution in [-0.2, 0) is 9.59 Å². The van der Waals surface area contributed by atoms with Crippen LogP contribution in [0.5, 0.6) is 0 Å². The third-order valence-corrected chi connectivity index (χ3v) is 0.994. The maximum atomic E-state index is 10.3. The second-order valence-corrected chi connectivity index (χ2v) is 2.06. The second kappa shape index (κ2) is 4.47. The zero-order valence-electron chi connectivity index (χ0n) is 6.10. The summed E-state index contributed by atoms with van der Waals surface area (Å²) in [6.45, 7) is 0. The quantitative estimate of drug-likeness (QED) is 0.296. The van der Waals surface area contributed by atoms with Gasteiger partial charge < -0.3 is 21.1 Å². The summed E-state index contributed by atoms with van der Waals surface area (Å²) in [4.78, 5) is 20.5. The van der Waals surface area contributed by atoms with E-state index in [0.717, 1.165) is 0 Å².